The van der Waals surface area contributed by atoms with E-state index in [0.29, 0.717) is 19.0 Å². The molecule has 1 saturated heterocycles. The quantitative estimate of drug-likeness (QED) is 0.629. The van der Waals surface area contributed by atoms with Gasteiger partial charge in [0.05, 0.1) is 12.5 Å². The zero-order valence-electron chi connectivity index (χ0n) is 15.7. The van der Waals surface area contributed by atoms with Crippen LogP contribution in [0.15, 0.2) is 6.20 Å². The highest BCUT2D eigenvalue weighted by Gasteiger charge is 2.41. The number of aromatic nitrogens is 4. The molecule has 2 aromatic heterocycles. The molecule has 8 nitrogen and oxygen atoms in total. The van der Waals surface area contributed by atoms with E-state index in [9.17, 15) is 8.42 Å². The molecule has 27 heavy (non-hydrogen) atoms. The monoisotopic (exact) mass is 504 g/mol. The van der Waals surface area contributed by atoms with E-state index < -0.39 is 10.0 Å². The van der Waals surface area contributed by atoms with Crippen molar-refractivity contribution in [1.82, 2.24) is 23.9 Å². The molecule has 10 heteroatoms. The summed E-state index contributed by atoms with van der Waals surface area (Å²) in [7, 11) is -3.11. The van der Waals surface area contributed by atoms with Gasteiger partial charge in [-0.3, -0.25) is 0 Å². The van der Waals surface area contributed by atoms with E-state index in [0.717, 1.165) is 47.1 Å². The second-order valence-electron chi connectivity index (χ2n) is 7.67. The molecule has 1 saturated carbocycles. The van der Waals surface area contributed by atoms with Gasteiger partial charge in [-0.25, -0.2) is 27.2 Å². The van der Waals surface area contributed by atoms with E-state index in [1.165, 1.54) is 17.0 Å². The van der Waals surface area contributed by atoms with E-state index in [1.54, 1.807) is 0 Å². The summed E-state index contributed by atoms with van der Waals surface area (Å²) >= 11 is 2.26. The van der Waals surface area contributed by atoms with E-state index in [1.807, 2.05) is 10.7 Å². The van der Waals surface area contributed by atoms with Crippen molar-refractivity contribution in [2.45, 2.75) is 56.9 Å². The highest BCUT2D eigenvalue weighted by Crippen LogP contribution is 2.46. The predicted molar refractivity (Wildman–Crippen MR) is 112 cm³/mol. The molecule has 2 fully saturated rings. The topological polar surface area (TPSA) is 92.5 Å². The van der Waals surface area contributed by atoms with Crippen LogP contribution in [0.4, 0.5) is 5.95 Å². The van der Waals surface area contributed by atoms with Crippen LogP contribution in [0.2, 0.25) is 0 Å². The van der Waals surface area contributed by atoms with Crippen LogP contribution in [0.1, 0.15) is 51.3 Å². The van der Waals surface area contributed by atoms with Crippen LogP contribution in [0.25, 0.3) is 5.52 Å². The van der Waals surface area contributed by atoms with E-state index in [2.05, 4.69) is 39.8 Å². The van der Waals surface area contributed by atoms with Crippen LogP contribution in [0, 0.1) is 3.70 Å². The van der Waals surface area contributed by atoms with Gasteiger partial charge in [-0.1, -0.05) is 13.3 Å². The number of rotatable bonds is 5. The van der Waals surface area contributed by atoms with Gasteiger partial charge >= 0.3 is 0 Å². The third kappa shape index (κ3) is 3.55. The first-order valence-electron chi connectivity index (χ1n) is 9.46. The maximum absolute atomic E-state index is 11.7. The molecule has 0 bridgehead atoms. The smallest absolute Gasteiger partial charge is 0.241 e. The summed E-state index contributed by atoms with van der Waals surface area (Å²) in [6.07, 6.45) is 9.24. The van der Waals surface area contributed by atoms with Crippen molar-refractivity contribution in [3.05, 3.63) is 15.7 Å². The molecule has 1 aliphatic carbocycles. The van der Waals surface area contributed by atoms with Crippen molar-refractivity contribution in [1.29, 1.82) is 0 Å². The molecule has 4 rings (SSSR count). The first-order chi connectivity index (χ1) is 12.8. The zero-order chi connectivity index (χ0) is 19.2. The van der Waals surface area contributed by atoms with E-state index in [-0.39, 0.29) is 11.5 Å². The summed E-state index contributed by atoms with van der Waals surface area (Å²) in [6.45, 7) is 3.29. The summed E-state index contributed by atoms with van der Waals surface area (Å²) in [5.74, 6) is 1.63. The highest BCUT2D eigenvalue weighted by atomic mass is 127. The lowest BCUT2D eigenvalue weighted by atomic mass is 9.66. The number of imidazole rings is 1. The molecule has 0 aromatic carbocycles. The fourth-order valence-electron chi connectivity index (χ4n) is 4.11. The van der Waals surface area contributed by atoms with Crippen LogP contribution >= 0.6 is 22.6 Å². The molecule has 0 unspecified atom stereocenters. The summed E-state index contributed by atoms with van der Waals surface area (Å²) in [5.41, 5.74) is 1.08. The fourth-order valence-corrected chi connectivity index (χ4v) is 5.58. The number of sulfonamides is 1. The van der Waals surface area contributed by atoms with Gasteiger partial charge in [0.2, 0.25) is 16.0 Å². The average Bonchev–Trinajstić information content (AvgIpc) is 2.91. The Morgan fingerprint density at radius 1 is 1.33 bits per heavy atom. The van der Waals surface area contributed by atoms with Crippen molar-refractivity contribution in [2.75, 3.05) is 24.7 Å². The van der Waals surface area contributed by atoms with E-state index in [4.69, 9.17) is 10.1 Å². The minimum Gasteiger partial charge on any atom is -0.350 e. The molecule has 1 aliphatic heterocycles. The highest BCUT2D eigenvalue weighted by molar-refractivity contribution is 14.1. The summed E-state index contributed by atoms with van der Waals surface area (Å²) < 4.78 is 27.8. The van der Waals surface area contributed by atoms with Gasteiger partial charge in [-0.15, -0.1) is 5.10 Å². The Bertz CT molecular complexity index is 942. The first kappa shape index (κ1) is 19.3. The average molecular weight is 504 g/mol. The van der Waals surface area contributed by atoms with Crippen LogP contribution in [-0.2, 0) is 15.4 Å². The maximum Gasteiger partial charge on any atom is 0.241 e. The van der Waals surface area contributed by atoms with Gasteiger partial charge in [0.15, 0.2) is 0 Å². The molecule has 0 atom stereocenters. The molecular weight excluding hydrogens is 479 g/mol. The standard InChI is InChI=1S/C17H25IN6O2S/c1-3-17(7-4-8-17)15-21-14(18)13-11-19-16(22-24(13)15)20-12-5-9-23(10-6-12)27(2,25)26/h11-12H,3-10H2,1-2H3,(H,20,22). The van der Waals surface area contributed by atoms with Crippen LogP contribution in [0.3, 0.4) is 0 Å². The van der Waals surface area contributed by atoms with Gasteiger partial charge in [-0.2, -0.15) is 0 Å². The molecule has 0 spiro atoms. The number of hydrogen-bond donors (Lipinski definition) is 1. The number of piperidine rings is 1. The van der Waals surface area contributed by atoms with Gasteiger partial charge in [0.1, 0.15) is 15.0 Å². The van der Waals surface area contributed by atoms with Crippen LogP contribution < -0.4 is 5.32 Å². The second kappa shape index (κ2) is 7.11. The lowest BCUT2D eigenvalue weighted by Gasteiger charge is -2.39. The van der Waals surface area contributed by atoms with Crippen LogP contribution in [0.5, 0.6) is 0 Å². The number of nitrogens with zero attached hydrogens (tertiary/aromatic N) is 5. The summed E-state index contributed by atoms with van der Waals surface area (Å²) in [5, 5.41) is 8.14. The lowest BCUT2D eigenvalue weighted by molar-refractivity contribution is 0.217. The number of anilines is 1. The van der Waals surface area contributed by atoms with Crippen molar-refractivity contribution in [2.24, 2.45) is 0 Å². The maximum atomic E-state index is 11.7. The largest absolute Gasteiger partial charge is 0.350 e. The Balaban J connectivity index is 1.56. The molecular formula is C17H25IN6O2S. The third-order valence-corrected chi connectivity index (χ3v) is 8.16. The fraction of sp³-hybridized carbons (Fsp3) is 0.706. The van der Waals surface area contributed by atoms with Crippen molar-refractivity contribution in [3.63, 3.8) is 0 Å². The summed E-state index contributed by atoms with van der Waals surface area (Å²) in [4.78, 5) is 9.30. The van der Waals surface area contributed by atoms with Gasteiger partial charge < -0.3 is 5.32 Å². The SMILES string of the molecule is CCC1(c2nc(I)c3cnc(NC4CCN(S(C)(=O)=O)CC4)nn23)CCC1. The molecule has 0 amide bonds. The zero-order valence-corrected chi connectivity index (χ0v) is 18.6. The van der Waals surface area contributed by atoms with Crippen molar-refractivity contribution >= 4 is 44.1 Å². The molecule has 2 aliphatic rings. The lowest BCUT2D eigenvalue weighted by Crippen LogP contribution is -2.42. The Morgan fingerprint density at radius 2 is 2.04 bits per heavy atom. The van der Waals surface area contributed by atoms with Gasteiger partial charge in [0.25, 0.3) is 0 Å². The molecule has 148 valence electrons. The number of halogens is 1. The number of nitrogens with one attached hydrogen (secondary N) is 1. The Morgan fingerprint density at radius 3 is 2.59 bits per heavy atom. The summed E-state index contributed by atoms with van der Waals surface area (Å²) in [6, 6.07) is 0.176. The predicted octanol–water partition coefficient (Wildman–Crippen LogP) is 2.40. The molecule has 0 radical (unpaired) electrons. The molecule has 1 N–H and O–H groups in total. The normalized spacial score (nSPS) is 21.3. The second-order valence-corrected chi connectivity index (χ2v) is 10.7. The minimum absolute atomic E-state index is 0.138. The molecule has 3 heterocycles. The van der Waals surface area contributed by atoms with Gasteiger partial charge in [0, 0.05) is 24.5 Å². The minimum atomic E-state index is -3.11. The Kier molecular flexibility index (Phi) is 5.08. The van der Waals surface area contributed by atoms with Crippen molar-refractivity contribution < 1.29 is 8.42 Å². The van der Waals surface area contributed by atoms with Gasteiger partial charge in [-0.05, 0) is 54.7 Å². The Hall–Kier alpha value is -1.01. The van der Waals surface area contributed by atoms with E-state index >= 15 is 0 Å². The van der Waals surface area contributed by atoms with Crippen LogP contribution in [-0.4, -0.2) is 57.7 Å². The van der Waals surface area contributed by atoms with Crippen molar-refractivity contribution in [3.8, 4) is 0 Å². The number of fused-ring (bicyclic) bond motifs is 1. The third-order valence-electron chi connectivity index (χ3n) is 6.07. The Labute approximate surface area is 173 Å². The molecule has 2 aromatic rings. The first-order valence-corrected chi connectivity index (χ1v) is 12.4. The number of hydrogen-bond acceptors (Lipinski definition) is 6.